The maximum absolute atomic E-state index is 4.99. The van der Waals surface area contributed by atoms with E-state index in [-0.39, 0.29) is 0 Å². The Kier molecular flexibility index (Phi) is 5.16. The molecule has 0 spiro atoms. The second-order valence-corrected chi connectivity index (χ2v) is 12.7. The van der Waals surface area contributed by atoms with Crippen LogP contribution in [-0.4, -0.2) is 14.1 Å². The van der Waals surface area contributed by atoms with Crippen molar-refractivity contribution in [3.8, 4) is 22.6 Å². The van der Waals surface area contributed by atoms with Gasteiger partial charge in [0, 0.05) is 48.9 Å². The SMILES string of the molecule is c1ccc(-n2c3ccccc3c3cc(-c4ccc5c(c4)c4ccccc4n5-c4nccc5c4sc4ccccc45)ccc32)cc1. The fraction of sp³-hybridized carbons (Fsp3) is 0. The van der Waals surface area contributed by atoms with Crippen molar-refractivity contribution in [1.82, 2.24) is 14.1 Å². The highest BCUT2D eigenvalue weighted by atomic mass is 32.1. The molecule has 210 valence electrons. The van der Waals surface area contributed by atoms with E-state index >= 15 is 0 Å². The van der Waals surface area contributed by atoms with Crippen molar-refractivity contribution in [3.05, 3.63) is 152 Å². The molecule has 45 heavy (non-hydrogen) atoms. The van der Waals surface area contributed by atoms with Crippen LogP contribution in [0, 0.1) is 0 Å². The third-order valence-electron chi connectivity index (χ3n) is 9.18. The van der Waals surface area contributed by atoms with E-state index < -0.39 is 0 Å². The van der Waals surface area contributed by atoms with Gasteiger partial charge >= 0.3 is 0 Å². The van der Waals surface area contributed by atoms with Crippen LogP contribution in [-0.2, 0) is 0 Å². The quantitative estimate of drug-likeness (QED) is 0.200. The van der Waals surface area contributed by atoms with E-state index in [9.17, 15) is 0 Å². The molecule has 0 amide bonds. The van der Waals surface area contributed by atoms with Gasteiger partial charge in [0.25, 0.3) is 0 Å². The van der Waals surface area contributed by atoms with Gasteiger partial charge in [-0.15, -0.1) is 11.3 Å². The van der Waals surface area contributed by atoms with Crippen molar-refractivity contribution in [2.75, 3.05) is 0 Å². The van der Waals surface area contributed by atoms with Gasteiger partial charge in [0.05, 0.1) is 26.8 Å². The third kappa shape index (κ3) is 3.54. The Balaban J connectivity index is 1.20. The summed E-state index contributed by atoms with van der Waals surface area (Å²) in [6.07, 6.45) is 1.95. The first-order valence-electron chi connectivity index (χ1n) is 15.2. The molecule has 0 N–H and O–H groups in total. The van der Waals surface area contributed by atoms with Crippen LogP contribution in [0.5, 0.6) is 0 Å². The molecule has 0 saturated carbocycles. The van der Waals surface area contributed by atoms with E-state index in [0.29, 0.717) is 0 Å². The lowest BCUT2D eigenvalue weighted by Crippen LogP contribution is -1.97. The second-order valence-electron chi connectivity index (χ2n) is 11.6. The number of aromatic nitrogens is 3. The summed E-state index contributed by atoms with van der Waals surface area (Å²) in [4.78, 5) is 4.99. The molecule has 6 aromatic carbocycles. The zero-order chi connectivity index (χ0) is 29.5. The molecule has 3 nitrogen and oxygen atoms in total. The van der Waals surface area contributed by atoms with E-state index in [0.717, 1.165) is 5.82 Å². The van der Waals surface area contributed by atoms with Crippen molar-refractivity contribution < 1.29 is 0 Å². The number of hydrogen-bond acceptors (Lipinski definition) is 2. The lowest BCUT2D eigenvalue weighted by atomic mass is 10.0. The predicted octanol–water partition coefficient (Wildman–Crippen LogP) is 11.3. The second kappa shape index (κ2) is 9.39. The summed E-state index contributed by atoms with van der Waals surface area (Å²) in [6, 6.07) is 52.6. The molecule has 0 bridgehead atoms. The third-order valence-corrected chi connectivity index (χ3v) is 10.4. The van der Waals surface area contributed by atoms with Gasteiger partial charge in [-0.05, 0) is 71.8 Å². The molecule has 4 aromatic heterocycles. The van der Waals surface area contributed by atoms with E-state index in [2.05, 4.69) is 155 Å². The summed E-state index contributed by atoms with van der Waals surface area (Å²) >= 11 is 1.82. The summed E-state index contributed by atoms with van der Waals surface area (Å²) in [5.41, 5.74) is 8.36. The number of rotatable bonds is 3. The molecule has 0 unspecified atom stereocenters. The lowest BCUT2D eigenvalue weighted by molar-refractivity contribution is 1.11. The summed E-state index contributed by atoms with van der Waals surface area (Å²) in [5, 5.41) is 7.53. The minimum atomic E-state index is 0.989. The van der Waals surface area contributed by atoms with Gasteiger partial charge in [-0.1, -0.05) is 84.9 Å². The number of benzene rings is 6. The van der Waals surface area contributed by atoms with Crippen LogP contribution >= 0.6 is 11.3 Å². The van der Waals surface area contributed by atoms with Crippen LogP contribution in [0.1, 0.15) is 0 Å². The first-order chi connectivity index (χ1) is 22.3. The maximum Gasteiger partial charge on any atom is 0.155 e. The minimum absolute atomic E-state index is 0.989. The average molecular weight is 592 g/mol. The molecule has 10 rings (SSSR count). The van der Waals surface area contributed by atoms with Gasteiger partial charge < -0.3 is 4.57 Å². The summed E-state index contributed by atoms with van der Waals surface area (Å²) in [5.74, 6) is 0.989. The first-order valence-corrected chi connectivity index (χ1v) is 16.0. The van der Waals surface area contributed by atoms with Crippen LogP contribution in [0.4, 0.5) is 0 Å². The Morgan fingerprint density at radius 1 is 0.422 bits per heavy atom. The Bertz CT molecular complexity index is 2760. The summed E-state index contributed by atoms with van der Waals surface area (Å²) < 4.78 is 7.22. The molecule has 0 radical (unpaired) electrons. The highest BCUT2D eigenvalue weighted by Gasteiger charge is 2.19. The maximum atomic E-state index is 4.99. The van der Waals surface area contributed by atoms with Crippen molar-refractivity contribution in [1.29, 1.82) is 0 Å². The van der Waals surface area contributed by atoms with Gasteiger partial charge in [-0.2, -0.15) is 0 Å². The largest absolute Gasteiger partial charge is 0.309 e. The highest BCUT2D eigenvalue weighted by Crippen LogP contribution is 2.41. The van der Waals surface area contributed by atoms with Gasteiger partial charge in [0.1, 0.15) is 0 Å². The molecule has 0 saturated heterocycles. The molecule has 0 aliphatic carbocycles. The van der Waals surface area contributed by atoms with Crippen molar-refractivity contribution in [2.45, 2.75) is 0 Å². The number of thiophene rings is 1. The smallest absolute Gasteiger partial charge is 0.155 e. The fourth-order valence-corrected chi connectivity index (χ4v) is 8.36. The Labute approximate surface area is 262 Å². The zero-order valence-corrected chi connectivity index (χ0v) is 25.0. The summed E-state index contributed by atoms with van der Waals surface area (Å²) in [7, 11) is 0. The van der Waals surface area contributed by atoms with Gasteiger partial charge in [-0.25, -0.2) is 4.98 Å². The zero-order valence-electron chi connectivity index (χ0n) is 24.2. The van der Waals surface area contributed by atoms with Gasteiger partial charge in [0.15, 0.2) is 5.82 Å². The monoisotopic (exact) mass is 591 g/mol. The average Bonchev–Trinajstić information content (AvgIpc) is 3.76. The molecule has 0 aliphatic rings. The van der Waals surface area contributed by atoms with E-state index in [1.54, 1.807) is 0 Å². The number of pyridine rings is 1. The van der Waals surface area contributed by atoms with Crippen molar-refractivity contribution >= 4 is 75.1 Å². The molecular weight excluding hydrogens is 567 g/mol. The minimum Gasteiger partial charge on any atom is -0.309 e. The molecule has 0 aliphatic heterocycles. The topological polar surface area (TPSA) is 22.8 Å². The van der Waals surface area contributed by atoms with Crippen molar-refractivity contribution in [2.24, 2.45) is 0 Å². The summed E-state index contributed by atoms with van der Waals surface area (Å²) in [6.45, 7) is 0. The Morgan fingerprint density at radius 2 is 0.978 bits per heavy atom. The van der Waals surface area contributed by atoms with Crippen LogP contribution in [0.25, 0.3) is 86.4 Å². The van der Waals surface area contributed by atoms with Crippen molar-refractivity contribution in [3.63, 3.8) is 0 Å². The predicted molar refractivity (Wildman–Crippen MR) is 191 cm³/mol. The Hall–Kier alpha value is -5.71. The standard InChI is InChI=1S/C41H25N3S/c1-2-10-28(11-3-1)43-35-15-7-4-12-29(35)33-24-26(18-20-37(33)43)27-19-21-38-34(25-27)30-13-5-8-16-36(30)44(38)41-40-32(22-23-42-41)31-14-6-9-17-39(31)45-40/h1-25H. The molecule has 4 heteroatoms. The molecule has 0 atom stereocenters. The van der Waals surface area contributed by atoms with Crippen LogP contribution < -0.4 is 0 Å². The molecule has 0 fully saturated rings. The van der Waals surface area contributed by atoms with E-state index in [1.165, 1.54) is 80.6 Å². The molecule has 4 heterocycles. The highest BCUT2D eigenvalue weighted by molar-refractivity contribution is 7.26. The Morgan fingerprint density at radius 3 is 1.69 bits per heavy atom. The fourth-order valence-electron chi connectivity index (χ4n) is 7.19. The lowest BCUT2D eigenvalue weighted by Gasteiger charge is -2.09. The van der Waals surface area contributed by atoms with Crippen LogP contribution in [0.15, 0.2) is 152 Å². The first kappa shape index (κ1) is 24.7. The van der Waals surface area contributed by atoms with Gasteiger partial charge in [-0.3, -0.25) is 4.57 Å². The van der Waals surface area contributed by atoms with E-state index in [4.69, 9.17) is 4.98 Å². The molecular formula is C41H25N3S. The number of hydrogen-bond donors (Lipinski definition) is 0. The van der Waals surface area contributed by atoms with Crippen LogP contribution in [0.3, 0.4) is 0 Å². The number of nitrogens with zero attached hydrogens (tertiary/aromatic N) is 3. The van der Waals surface area contributed by atoms with Gasteiger partial charge in [0.2, 0.25) is 0 Å². The normalized spacial score (nSPS) is 12.0. The van der Waals surface area contributed by atoms with E-state index in [1.807, 2.05) is 17.5 Å². The van der Waals surface area contributed by atoms with Crippen LogP contribution in [0.2, 0.25) is 0 Å². The number of fused-ring (bicyclic) bond motifs is 9. The number of para-hydroxylation sites is 3. The molecule has 10 aromatic rings.